The van der Waals surface area contributed by atoms with E-state index in [1.165, 1.54) is 18.4 Å². The van der Waals surface area contributed by atoms with Crippen molar-refractivity contribution < 1.29 is 4.74 Å². The SMILES string of the molecule is NC(C1=CCCCO1)C1C2CCc3ccccc3C21. The van der Waals surface area contributed by atoms with Gasteiger partial charge in [-0.1, -0.05) is 24.3 Å². The molecule has 0 amide bonds. The van der Waals surface area contributed by atoms with E-state index in [2.05, 4.69) is 30.3 Å². The van der Waals surface area contributed by atoms with Gasteiger partial charge in [-0.25, -0.2) is 0 Å². The smallest absolute Gasteiger partial charge is 0.109 e. The quantitative estimate of drug-likeness (QED) is 0.881. The van der Waals surface area contributed by atoms with Gasteiger partial charge in [0.15, 0.2) is 0 Å². The van der Waals surface area contributed by atoms with Crippen LogP contribution in [0.2, 0.25) is 0 Å². The molecule has 1 aromatic rings. The van der Waals surface area contributed by atoms with Gasteiger partial charge in [-0.2, -0.15) is 0 Å². The third kappa shape index (κ3) is 1.81. The first-order chi connectivity index (χ1) is 9.36. The highest BCUT2D eigenvalue weighted by molar-refractivity contribution is 5.41. The van der Waals surface area contributed by atoms with Crippen molar-refractivity contribution in [1.29, 1.82) is 0 Å². The molecule has 1 heterocycles. The highest BCUT2D eigenvalue weighted by Crippen LogP contribution is 2.61. The molecule has 2 aliphatic carbocycles. The van der Waals surface area contributed by atoms with Crippen LogP contribution >= 0.6 is 0 Å². The first kappa shape index (κ1) is 11.5. The van der Waals surface area contributed by atoms with Crippen molar-refractivity contribution in [2.75, 3.05) is 6.61 Å². The molecule has 0 aromatic heterocycles. The van der Waals surface area contributed by atoms with Crippen LogP contribution in [0, 0.1) is 11.8 Å². The van der Waals surface area contributed by atoms with Gasteiger partial charge in [-0.3, -0.25) is 0 Å². The van der Waals surface area contributed by atoms with Crippen molar-refractivity contribution >= 4 is 0 Å². The van der Waals surface area contributed by atoms with E-state index in [9.17, 15) is 0 Å². The molecule has 1 fully saturated rings. The number of hydrogen-bond acceptors (Lipinski definition) is 2. The minimum Gasteiger partial charge on any atom is -0.497 e. The van der Waals surface area contributed by atoms with Gasteiger partial charge in [0.1, 0.15) is 5.76 Å². The molecule has 0 radical (unpaired) electrons. The average Bonchev–Trinajstić information content (AvgIpc) is 3.22. The molecular weight excluding hydrogens is 234 g/mol. The van der Waals surface area contributed by atoms with Gasteiger partial charge in [0.25, 0.3) is 0 Å². The van der Waals surface area contributed by atoms with E-state index in [-0.39, 0.29) is 6.04 Å². The number of fused-ring (bicyclic) bond motifs is 3. The summed E-state index contributed by atoms with van der Waals surface area (Å²) in [6.07, 6.45) is 7.00. The van der Waals surface area contributed by atoms with Crippen LogP contribution in [0.25, 0.3) is 0 Å². The van der Waals surface area contributed by atoms with Gasteiger partial charge in [0.2, 0.25) is 0 Å². The Kier molecular flexibility index (Phi) is 2.66. The molecular formula is C17H21NO. The zero-order valence-electron chi connectivity index (χ0n) is 11.2. The molecule has 1 aromatic carbocycles. The maximum atomic E-state index is 6.48. The Hall–Kier alpha value is -1.28. The standard InChI is InChI=1S/C17H21NO/c18-17(14-7-3-4-10-19-14)16-13-9-8-11-5-1-2-6-12(11)15(13)16/h1-2,5-7,13,15-17H,3-4,8-10,18H2. The Morgan fingerprint density at radius 1 is 1.26 bits per heavy atom. The molecule has 2 nitrogen and oxygen atoms in total. The van der Waals surface area contributed by atoms with Crippen LogP contribution in [-0.4, -0.2) is 12.6 Å². The number of hydrogen-bond donors (Lipinski definition) is 1. The minimum absolute atomic E-state index is 0.112. The maximum absolute atomic E-state index is 6.48. The van der Waals surface area contributed by atoms with Crippen LogP contribution in [0.15, 0.2) is 36.1 Å². The highest BCUT2D eigenvalue weighted by Gasteiger charge is 2.56. The number of ether oxygens (including phenoxy) is 1. The molecule has 1 saturated carbocycles. The van der Waals surface area contributed by atoms with Gasteiger partial charge < -0.3 is 10.5 Å². The lowest BCUT2D eigenvalue weighted by molar-refractivity contribution is 0.169. The van der Waals surface area contributed by atoms with Crippen LogP contribution < -0.4 is 5.73 Å². The van der Waals surface area contributed by atoms with Crippen LogP contribution in [0.3, 0.4) is 0 Å². The van der Waals surface area contributed by atoms with Crippen molar-refractivity contribution in [3.63, 3.8) is 0 Å². The first-order valence-electron chi connectivity index (χ1n) is 7.52. The molecule has 100 valence electrons. The van der Waals surface area contributed by atoms with Gasteiger partial charge in [-0.15, -0.1) is 0 Å². The van der Waals surface area contributed by atoms with Crippen molar-refractivity contribution in [3.8, 4) is 0 Å². The zero-order valence-corrected chi connectivity index (χ0v) is 11.2. The monoisotopic (exact) mass is 255 g/mol. The Balaban J connectivity index is 1.58. The molecule has 4 atom stereocenters. The molecule has 4 unspecified atom stereocenters. The highest BCUT2D eigenvalue weighted by atomic mass is 16.5. The number of rotatable bonds is 2. The fourth-order valence-corrected chi connectivity index (χ4v) is 4.11. The summed E-state index contributed by atoms with van der Waals surface area (Å²) >= 11 is 0. The van der Waals surface area contributed by atoms with E-state index in [0.29, 0.717) is 11.8 Å². The summed E-state index contributed by atoms with van der Waals surface area (Å²) in [5.41, 5.74) is 9.57. The van der Waals surface area contributed by atoms with Crippen molar-refractivity contribution in [1.82, 2.24) is 0 Å². The second kappa shape index (κ2) is 4.38. The van der Waals surface area contributed by atoms with Crippen LogP contribution in [0.5, 0.6) is 0 Å². The summed E-state index contributed by atoms with van der Waals surface area (Å²) in [5.74, 6) is 3.14. The lowest BCUT2D eigenvalue weighted by Crippen LogP contribution is -2.29. The van der Waals surface area contributed by atoms with Crippen molar-refractivity contribution in [3.05, 3.63) is 47.2 Å². The Labute approximate surface area is 114 Å². The molecule has 2 heteroatoms. The summed E-state index contributed by atoms with van der Waals surface area (Å²) < 4.78 is 5.77. The van der Waals surface area contributed by atoms with E-state index >= 15 is 0 Å². The van der Waals surface area contributed by atoms with Gasteiger partial charge in [0, 0.05) is 0 Å². The Bertz CT molecular complexity index is 522. The summed E-state index contributed by atoms with van der Waals surface area (Å²) in [7, 11) is 0. The van der Waals surface area contributed by atoms with E-state index in [1.54, 1.807) is 5.56 Å². The van der Waals surface area contributed by atoms with E-state index in [0.717, 1.165) is 31.1 Å². The largest absolute Gasteiger partial charge is 0.497 e. The number of allylic oxidation sites excluding steroid dienone is 1. The molecule has 19 heavy (non-hydrogen) atoms. The lowest BCUT2D eigenvalue weighted by atomic mass is 9.92. The third-order valence-electron chi connectivity index (χ3n) is 5.10. The minimum atomic E-state index is 0.112. The maximum Gasteiger partial charge on any atom is 0.109 e. The van der Waals surface area contributed by atoms with Gasteiger partial charge in [0.05, 0.1) is 12.6 Å². The molecule has 3 aliphatic rings. The summed E-state index contributed by atoms with van der Waals surface area (Å²) in [4.78, 5) is 0. The summed E-state index contributed by atoms with van der Waals surface area (Å²) in [6, 6.07) is 9.01. The Morgan fingerprint density at radius 2 is 2.16 bits per heavy atom. The predicted octanol–water partition coefficient (Wildman–Crippen LogP) is 2.98. The second-order valence-electron chi connectivity index (χ2n) is 6.13. The molecule has 0 spiro atoms. The molecule has 0 bridgehead atoms. The lowest BCUT2D eigenvalue weighted by Gasteiger charge is -2.21. The molecule has 0 saturated heterocycles. The third-order valence-corrected chi connectivity index (χ3v) is 5.10. The summed E-state index contributed by atoms with van der Waals surface area (Å²) in [6.45, 7) is 0.845. The first-order valence-corrected chi connectivity index (χ1v) is 7.52. The van der Waals surface area contributed by atoms with Gasteiger partial charge >= 0.3 is 0 Å². The van der Waals surface area contributed by atoms with E-state index in [1.807, 2.05) is 0 Å². The molecule has 4 rings (SSSR count). The van der Waals surface area contributed by atoms with Crippen molar-refractivity contribution in [2.24, 2.45) is 17.6 Å². The van der Waals surface area contributed by atoms with E-state index in [4.69, 9.17) is 10.5 Å². The van der Waals surface area contributed by atoms with Crippen molar-refractivity contribution in [2.45, 2.75) is 37.6 Å². The van der Waals surface area contributed by atoms with Crippen LogP contribution in [-0.2, 0) is 11.2 Å². The van der Waals surface area contributed by atoms with E-state index < -0.39 is 0 Å². The Morgan fingerprint density at radius 3 is 3.00 bits per heavy atom. The molecule has 1 aliphatic heterocycles. The van der Waals surface area contributed by atoms with Crippen LogP contribution in [0.4, 0.5) is 0 Å². The number of nitrogens with two attached hydrogens (primary N) is 1. The fourth-order valence-electron chi connectivity index (χ4n) is 4.11. The zero-order chi connectivity index (χ0) is 12.8. The normalized spacial score (nSPS) is 33.5. The number of benzene rings is 1. The van der Waals surface area contributed by atoms with Gasteiger partial charge in [-0.05, 0) is 60.6 Å². The topological polar surface area (TPSA) is 35.2 Å². The van der Waals surface area contributed by atoms with Crippen LogP contribution in [0.1, 0.15) is 36.3 Å². The predicted molar refractivity (Wildman–Crippen MR) is 75.7 cm³/mol. The molecule has 2 N–H and O–H groups in total. The number of aryl methyl sites for hydroxylation is 1. The second-order valence-corrected chi connectivity index (χ2v) is 6.13. The summed E-state index contributed by atoms with van der Waals surface area (Å²) in [5, 5.41) is 0. The average molecular weight is 255 g/mol. The fraction of sp³-hybridized carbons (Fsp3) is 0.529.